The van der Waals surface area contributed by atoms with Crippen molar-refractivity contribution >= 4 is 11.9 Å². The van der Waals surface area contributed by atoms with Crippen LogP contribution in [0.25, 0.3) is 11.3 Å². The van der Waals surface area contributed by atoms with Crippen LogP contribution in [0.4, 0.5) is 4.79 Å². The molecule has 7 heteroatoms. The number of hydrogen-bond acceptors (Lipinski definition) is 4. The van der Waals surface area contributed by atoms with Crippen LogP contribution in [0.15, 0.2) is 42.5 Å². The third-order valence-corrected chi connectivity index (χ3v) is 3.97. The van der Waals surface area contributed by atoms with E-state index in [1.165, 1.54) is 0 Å². The number of ether oxygens (including phenoxy) is 1. The minimum Gasteiger partial charge on any atom is -0.481 e. The number of nitrogens with zero attached hydrogens (tertiary/aromatic N) is 2. The maximum atomic E-state index is 12.3. The van der Waals surface area contributed by atoms with E-state index >= 15 is 0 Å². The summed E-state index contributed by atoms with van der Waals surface area (Å²) < 4.78 is 5.14. The second-order valence-electron chi connectivity index (χ2n) is 5.62. The van der Waals surface area contributed by atoms with E-state index in [-0.39, 0.29) is 11.9 Å². The summed E-state index contributed by atoms with van der Waals surface area (Å²) in [6.07, 6.45) is 0. The number of carbonyl (C=O) groups excluding carboxylic acids is 2. The molecule has 2 N–H and O–H groups in total. The van der Waals surface area contributed by atoms with Crippen LogP contribution < -0.4 is 15.4 Å². The molecule has 2 heterocycles. The van der Waals surface area contributed by atoms with Crippen molar-refractivity contribution < 1.29 is 14.3 Å². The molecular weight excluding hydrogens is 320 g/mol. The third kappa shape index (κ3) is 4.06. The van der Waals surface area contributed by atoms with E-state index < -0.39 is 0 Å². The van der Waals surface area contributed by atoms with Crippen molar-refractivity contribution in [2.75, 3.05) is 33.3 Å². The van der Waals surface area contributed by atoms with Crippen LogP contribution in [0.3, 0.4) is 0 Å². The fraction of sp³-hybridized carbons (Fsp3) is 0.278. The van der Waals surface area contributed by atoms with Crippen LogP contribution in [0.2, 0.25) is 0 Å². The normalized spacial score (nSPS) is 13.5. The first-order valence-electron chi connectivity index (χ1n) is 8.10. The largest absolute Gasteiger partial charge is 0.481 e. The Bertz CT molecular complexity index is 778. The molecule has 3 amide bonds. The van der Waals surface area contributed by atoms with E-state index in [1.807, 2.05) is 24.3 Å². The Morgan fingerprint density at radius 1 is 1.32 bits per heavy atom. The molecule has 130 valence electrons. The van der Waals surface area contributed by atoms with Crippen molar-refractivity contribution in [2.24, 2.45) is 0 Å². The molecule has 0 unspecified atom stereocenters. The lowest BCUT2D eigenvalue weighted by molar-refractivity contribution is 0.0950. The van der Waals surface area contributed by atoms with Gasteiger partial charge >= 0.3 is 6.03 Å². The molecule has 1 fully saturated rings. The average Bonchev–Trinajstić information content (AvgIpc) is 3.07. The van der Waals surface area contributed by atoms with Gasteiger partial charge in [0.1, 0.15) is 0 Å². The van der Waals surface area contributed by atoms with Gasteiger partial charge in [0.2, 0.25) is 5.88 Å². The minimum absolute atomic E-state index is 0.0830. The lowest BCUT2D eigenvalue weighted by Crippen LogP contribution is -2.36. The molecule has 1 aliphatic heterocycles. The molecule has 1 aromatic heterocycles. The molecular formula is C18H20N4O3. The van der Waals surface area contributed by atoms with Gasteiger partial charge in [-0.25, -0.2) is 9.78 Å². The fourth-order valence-corrected chi connectivity index (χ4v) is 2.64. The number of urea groups is 1. The predicted molar refractivity (Wildman–Crippen MR) is 93.5 cm³/mol. The number of carbonyl (C=O) groups is 2. The van der Waals surface area contributed by atoms with Gasteiger partial charge in [0.15, 0.2) is 0 Å². The van der Waals surface area contributed by atoms with E-state index in [4.69, 9.17) is 4.74 Å². The molecule has 7 nitrogen and oxygen atoms in total. The summed E-state index contributed by atoms with van der Waals surface area (Å²) in [6, 6.07) is 12.7. The highest BCUT2D eigenvalue weighted by atomic mass is 16.5. The number of aromatic nitrogens is 1. The minimum atomic E-state index is -0.177. The first kappa shape index (κ1) is 16.8. The Morgan fingerprint density at radius 3 is 2.92 bits per heavy atom. The zero-order valence-electron chi connectivity index (χ0n) is 14.0. The molecule has 25 heavy (non-hydrogen) atoms. The smallest absolute Gasteiger partial charge is 0.317 e. The first-order chi connectivity index (χ1) is 12.2. The van der Waals surface area contributed by atoms with E-state index in [2.05, 4.69) is 15.6 Å². The van der Waals surface area contributed by atoms with Crippen LogP contribution >= 0.6 is 0 Å². The summed E-state index contributed by atoms with van der Waals surface area (Å²) >= 11 is 0. The summed E-state index contributed by atoms with van der Waals surface area (Å²) in [7, 11) is 1.57. The molecule has 1 aliphatic rings. The zero-order valence-corrected chi connectivity index (χ0v) is 14.0. The van der Waals surface area contributed by atoms with Gasteiger partial charge in [0.05, 0.1) is 12.8 Å². The molecule has 0 atom stereocenters. The van der Waals surface area contributed by atoms with Crippen molar-refractivity contribution in [3.8, 4) is 17.1 Å². The maximum absolute atomic E-state index is 12.3. The topological polar surface area (TPSA) is 83.6 Å². The number of pyridine rings is 1. The third-order valence-electron chi connectivity index (χ3n) is 3.97. The number of rotatable bonds is 6. The average molecular weight is 340 g/mol. The van der Waals surface area contributed by atoms with Crippen LogP contribution in [0, 0.1) is 0 Å². The lowest BCUT2D eigenvalue weighted by Gasteiger charge is -2.14. The van der Waals surface area contributed by atoms with Gasteiger partial charge in [-0.2, -0.15) is 0 Å². The molecule has 0 aliphatic carbocycles. The Hall–Kier alpha value is -3.09. The second kappa shape index (κ2) is 7.65. The van der Waals surface area contributed by atoms with E-state index in [9.17, 15) is 9.59 Å². The van der Waals surface area contributed by atoms with Gasteiger partial charge in [0.25, 0.3) is 5.91 Å². The SMILES string of the molecule is COc1cccc(-c2cccc(C(=O)NCCN3CCNC3=O)c2)n1. The van der Waals surface area contributed by atoms with Gasteiger partial charge in [-0.3, -0.25) is 4.79 Å². The maximum Gasteiger partial charge on any atom is 0.317 e. The molecule has 0 saturated carbocycles. The van der Waals surface area contributed by atoms with E-state index in [0.29, 0.717) is 37.6 Å². The highest BCUT2D eigenvalue weighted by Gasteiger charge is 2.18. The number of nitrogens with one attached hydrogen (secondary N) is 2. The van der Waals surface area contributed by atoms with Gasteiger partial charge in [0, 0.05) is 43.4 Å². The summed E-state index contributed by atoms with van der Waals surface area (Å²) in [4.78, 5) is 29.8. The number of methoxy groups -OCH3 is 1. The van der Waals surface area contributed by atoms with Crippen molar-refractivity contribution in [1.29, 1.82) is 0 Å². The van der Waals surface area contributed by atoms with Crippen molar-refractivity contribution in [1.82, 2.24) is 20.5 Å². The summed E-state index contributed by atoms with van der Waals surface area (Å²) in [5.74, 6) is 0.348. The molecule has 2 aromatic rings. The van der Waals surface area contributed by atoms with Crippen LogP contribution in [0.5, 0.6) is 5.88 Å². The Morgan fingerprint density at radius 2 is 2.16 bits per heavy atom. The van der Waals surface area contributed by atoms with Crippen molar-refractivity contribution in [3.05, 3.63) is 48.0 Å². The van der Waals surface area contributed by atoms with E-state index in [0.717, 1.165) is 11.3 Å². The highest BCUT2D eigenvalue weighted by Crippen LogP contribution is 2.20. The Kier molecular flexibility index (Phi) is 5.13. The summed E-state index contributed by atoms with van der Waals surface area (Å²) in [6.45, 7) is 2.23. The Labute approximate surface area is 146 Å². The van der Waals surface area contributed by atoms with Gasteiger partial charge in [-0.15, -0.1) is 0 Å². The van der Waals surface area contributed by atoms with Crippen molar-refractivity contribution in [3.63, 3.8) is 0 Å². The number of benzene rings is 1. The number of hydrogen-bond donors (Lipinski definition) is 2. The fourth-order valence-electron chi connectivity index (χ4n) is 2.64. The number of amides is 3. The van der Waals surface area contributed by atoms with Gasteiger partial charge in [-0.05, 0) is 18.2 Å². The van der Waals surface area contributed by atoms with Gasteiger partial charge in [-0.1, -0.05) is 18.2 Å². The van der Waals surface area contributed by atoms with E-state index in [1.54, 1.807) is 30.2 Å². The van der Waals surface area contributed by atoms with Crippen LogP contribution in [-0.2, 0) is 0 Å². The first-order valence-corrected chi connectivity index (χ1v) is 8.10. The molecule has 3 rings (SSSR count). The molecule has 0 radical (unpaired) electrons. The zero-order chi connectivity index (χ0) is 17.6. The predicted octanol–water partition coefficient (Wildman–Crippen LogP) is 1.51. The molecule has 0 bridgehead atoms. The summed E-state index contributed by atoms with van der Waals surface area (Å²) in [5.41, 5.74) is 2.13. The highest BCUT2D eigenvalue weighted by molar-refractivity contribution is 5.95. The summed E-state index contributed by atoms with van der Waals surface area (Å²) in [5, 5.41) is 5.57. The van der Waals surface area contributed by atoms with Crippen molar-refractivity contribution in [2.45, 2.75) is 0 Å². The van der Waals surface area contributed by atoms with Gasteiger partial charge < -0.3 is 20.3 Å². The van der Waals surface area contributed by atoms with Crippen LogP contribution in [-0.4, -0.2) is 55.1 Å². The Balaban J connectivity index is 1.64. The quantitative estimate of drug-likeness (QED) is 0.835. The van der Waals surface area contributed by atoms with Crippen LogP contribution in [0.1, 0.15) is 10.4 Å². The lowest BCUT2D eigenvalue weighted by atomic mass is 10.1. The second-order valence-corrected chi connectivity index (χ2v) is 5.62. The monoisotopic (exact) mass is 340 g/mol. The standard InChI is InChI=1S/C18H20N4O3/c1-25-16-7-3-6-15(21-16)13-4-2-5-14(12-13)17(23)19-8-10-22-11-9-20-18(22)24/h2-7,12H,8-11H2,1H3,(H,19,23)(H,20,24). The molecule has 0 spiro atoms. The molecule has 1 aromatic carbocycles. The molecule has 1 saturated heterocycles.